The molecule has 6 nitrogen and oxygen atoms in total. The lowest BCUT2D eigenvalue weighted by Crippen LogP contribution is -2.35. The number of unbranched alkanes of at least 4 members (excludes halogenated alkanes) is 2. The van der Waals surface area contributed by atoms with E-state index in [1.54, 1.807) is 4.90 Å². The predicted octanol–water partition coefficient (Wildman–Crippen LogP) is 4.19. The number of rotatable bonds is 7. The van der Waals surface area contributed by atoms with Crippen LogP contribution in [0.2, 0.25) is 0 Å². The van der Waals surface area contributed by atoms with Gasteiger partial charge in [0.05, 0.1) is 4.91 Å². The molecule has 0 spiro atoms. The fourth-order valence-electron chi connectivity index (χ4n) is 3.87. The predicted molar refractivity (Wildman–Crippen MR) is 121 cm³/mol. The summed E-state index contributed by atoms with van der Waals surface area (Å²) in [6.07, 6.45) is 8.55. The molecule has 3 heterocycles. The van der Waals surface area contributed by atoms with Gasteiger partial charge in [0.1, 0.15) is 4.32 Å². The van der Waals surface area contributed by atoms with E-state index in [9.17, 15) is 9.59 Å². The minimum atomic E-state index is -0.0490. The topological polar surface area (TPSA) is 59.1 Å². The maximum atomic E-state index is 12.8. The normalized spacial score (nSPS) is 19.8. The quantitative estimate of drug-likeness (QED) is 0.356. The Morgan fingerprint density at radius 1 is 1.10 bits per heavy atom. The van der Waals surface area contributed by atoms with Crippen molar-refractivity contribution in [2.24, 2.45) is 0 Å². The molecule has 8 heteroatoms. The molecule has 3 aliphatic rings. The Morgan fingerprint density at radius 3 is 2.73 bits per heavy atom. The number of benzene rings is 1. The Labute approximate surface area is 186 Å². The fraction of sp³-hybridized carbons (Fsp3) is 0.500. The zero-order valence-corrected chi connectivity index (χ0v) is 18.6. The Balaban J connectivity index is 1.23. The van der Waals surface area contributed by atoms with Crippen LogP contribution >= 0.6 is 24.0 Å². The average Bonchev–Trinajstić information content (AvgIpc) is 3.33. The summed E-state index contributed by atoms with van der Waals surface area (Å²) in [6, 6.07) is 5.62. The van der Waals surface area contributed by atoms with E-state index in [1.807, 2.05) is 29.2 Å². The SMILES string of the molecule is O=C(CCCCCN1C(=O)/C(=C/c2ccc3c(c2)OCO3)SC1=S)N1CCCCC1. The van der Waals surface area contributed by atoms with Gasteiger partial charge in [-0.25, -0.2) is 0 Å². The summed E-state index contributed by atoms with van der Waals surface area (Å²) in [5.41, 5.74) is 0.885. The van der Waals surface area contributed by atoms with Gasteiger partial charge in [0.25, 0.3) is 5.91 Å². The molecule has 0 aliphatic carbocycles. The van der Waals surface area contributed by atoms with Crippen LogP contribution in [0, 0.1) is 0 Å². The molecule has 160 valence electrons. The van der Waals surface area contributed by atoms with Crippen LogP contribution in [0.5, 0.6) is 11.5 Å². The number of nitrogens with zero attached hydrogens (tertiary/aromatic N) is 2. The molecular formula is C22H26N2O4S2. The number of amides is 2. The smallest absolute Gasteiger partial charge is 0.266 e. The van der Waals surface area contributed by atoms with Gasteiger partial charge in [0.15, 0.2) is 11.5 Å². The largest absolute Gasteiger partial charge is 0.454 e. The highest BCUT2D eigenvalue weighted by atomic mass is 32.2. The highest BCUT2D eigenvalue weighted by molar-refractivity contribution is 8.26. The van der Waals surface area contributed by atoms with Gasteiger partial charge in [-0.05, 0) is 55.9 Å². The molecule has 0 saturated carbocycles. The first kappa shape index (κ1) is 21.2. The summed E-state index contributed by atoms with van der Waals surface area (Å²) < 4.78 is 11.3. The molecule has 3 aliphatic heterocycles. The van der Waals surface area contributed by atoms with Crippen molar-refractivity contribution in [3.63, 3.8) is 0 Å². The monoisotopic (exact) mass is 446 g/mol. The molecule has 2 saturated heterocycles. The number of thiocarbonyl (C=S) groups is 1. The molecular weight excluding hydrogens is 420 g/mol. The molecule has 4 rings (SSSR count). The van der Waals surface area contributed by atoms with E-state index in [4.69, 9.17) is 21.7 Å². The molecule has 0 radical (unpaired) electrons. The number of hydrogen-bond acceptors (Lipinski definition) is 6. The van der Waals surface area contributed by atoms with Gasteiger partial charge in [-0.15, -0.1) is 0 Å². The first-order valence-corrected chi connectivity index (χ1v) is 11.8. The van der Waals surface area contributed by atoms with Crippen molar-refractivity contribution in [3.05, 3.63) is 28.7 Å². The van der Waals surface area contributed by atoms with Crippen molar-refractivity contribution >= 4 is 46.2 Å². The number of fused-ring (bicyclic) bond motifs is 1. The van der Waals surface area contributed by atoms with Gasteiger partial charge in [-0.3, -0.25) is 14.5 Å². The average molecular weight is 447 g/mol. The first-order valence-electron chi connectivity index (χ1n) is 10.5. The van der Waals surface area contributed by atoms with Crippen molar-refractivity contribution in [2.45, 2.75) is 44.9 Å². The van der Waals surface area contributed by atoms with Gasteiger partial charge in [0.2, 0.25) is 12.7 Å². The summed E-state index contributed by atoms with van der Waals surface area (Å²) in [4.78, 5) is 29.3. The van der Waals surface area contributed by atoms with E-state index < -0.39 is 0 Å². The highest BCUT2D eigenvalue weighted by Crippen LogP contribution is 2.36. The Hall–Kier alpha value is -2.06. The van der Waals surface area contributed by atoms with E-state index in [1.165, 1.54) is 18.2 Å². The van der Waals surface area contributed by atoms with Crippen molar-refractivity contribution in [3.8, 4) is 11.5 Å². The second kappa shape index (κ2) is 9.83. The minimum absolute atomic E-state index is 0.0490. The Kier molecular flexibility index (Phi) is 6.94. The molecule has 0 aromatic heterocycles. The third-order valence-corrected chi connectivity index (χ3v) is 6.93. The summed E-state index contributed by atoms with van der Waals surface area (Å²) in [5, 5.41) is 0. The van der Waals surface area contributed by atoms with Crippen LogP contribution in [0.3, 0.4) is 0 Å². The molecule has 1 aromatic carbocycles. The molecule has 30 heavy (non-hydrogen) atoms. The van der Waals surface area contributed by atoms with Crippen LogP contribution in [-0.2, 0) is 9.59 Å². The maximum absolute atomic E-state index is 12.8. The second-order valence-electron chi connectivity index (χ2n) is 7.70. The first-order chi connectivity index (χ1) is 14.6. The number of thioether (sulfide) groups is 1. The summed E-state index contributed by atoms with van der Waals surface area (Å²) >= 11 is 6.75. The van der Waals surface area contributed by atoms with E-state index in [0.717, 1.165) is 56.5 Å². The molecule has 0 unspecified atom stereocenters. The van der Waals surface area contributed by atoms with Gasteiger partial charge in [0, 0.05) is 26.1 Å². The molecule has 2 fully saturated rings. The fourth-order valence-corrected chi connectivity index (χ4v) is 5.18. The van der Waals surface area contributed by atoms with E-state index in [0.29, 0.717) is 27.9 Å². The molecule has 1 aromatic rings. The lowest BCUT2D eigenvalue weighted by atomic mass is 10.1. The van der Waals surface area contributed by atoms with Gasteiger partial charge in [-0.2, -0.15) is 0 Å². The lowest BCUT2D eigenvalue weighted by Gasteiger charge is -2.26. The minimum Gasteiger partial charge on any atom is -0.454 e. The third kappa shape index (κ3) is 4.98. The summed E-state index contributed by atoms with van der Waals surface area (Å²) in [7, 11) is 0. The lowest BCUT2D eigenvalue weighted by molar-refractivity contribution is -0.132. The van der Waals surface area contributed by atoms with Crippen LogP contribution in [0.4, 0.5) is 0 Å². The van der Waals surface area contributed by atoms with E-state index in [2.05, 4.69) is 0 Å². The van der Waals surface area contributed by atoms with Crippen LogP contribution < -0.4 is 9.47 Å². The number of piperidine rings is 1. The van der Waals surface area contributed by atoms with E-state index in [-0.39, 0.29) is 18.6 Å². The van der Waals surface area contributed by atoms with Crippen molar-refractivity contribution in [1.29, 1.82) is 0 Å². The molecule has 0 bridgehead atoms. The van der Waals surface area contributed by atoms with Gasteiger partial charge < -0.3 is 14.4 Å². The van der Waals surface area contributed by atoms with Crippen molar-refractivity contribution in [2.75, 3.05) is 26.4 Å². The number of likely N-dealkylation sites (tertiary alicyclic amines) is 1. The van der Waals surface area contributed by atoms with Crippen LogP contribution in [0.25, 0.3) is 6.08 Å². The Morgan fingerprint density at radius 2 is 1.90 bits per heavy atom. The maximum Gasteiger partial charge on any atom is 0.266 e. The van der Waals surface area contributed by atoms with Gasteiger partial charge in [-0.1, -0.05) is 36.5 Å². The van der Waals surface area contributed by atoms with Crippen LogP contribution in [-0.4, -0.2) is 52.4 Å². The van der Waals surface area contributed by atoms with Crippen LogP contribution in [0.1, 0.15) is 50.5 Å². The number of carbonyl (C=O) groups is 2. The van der Waals surface area contributed by atoms with Gasteiger partial charge >= 0.3 is 0 Å². The standard InChI is InChI=1S/C22H26N2O4S2/c25-20(23-10-4-2-5-11-23)7-3-1-6-12-24-21(26)19(30-22(24)29)14-16-8-9-17-18(13-16)28-15-27-17/h8-9,13-14H,1-7,10-12,15H2/b19-14-. The van der Waals surface area contributed by atoms with Crippen molar-refractivity contribution in [1.82, 2.24) is 9.80 Å². The zero-order valence-electron chi connectivity index (χ0n) is 16.9. The summed E-state index contributed by atoms with van der Waals surface area (Å²) in [6.45, 7) is 2.64. The number of ether oxygens (including phenoxy) is 2. The molecule has 2 amide bonds. The van der Waals surface area contributed by atoms with Crippen LogP contribution in [0.15, 0.2) is 23.1 Å². The third-order valence-electron chi connectivity index (χ3n) is 5.55. The number of carbonyl (C=O) groups excluding carboxylic acids is 2. The molecule has 0 N–H and O–H groups in total. The number of hydrogen-bond donors (Lipinski definition) is 0. The van der Waals surface area contributed by atoms with E-state index >= 15 is 0 Å². The Bertz CT molecular complexity index is 865. The summed E-state index contributed by atoms with van der Waals surface area (Å²) in [5.74, 6) is 1.64. The second-order valence-corrected chi connectivity index (χ2v) is 9.37. The molecule has 0 atom stereocenters. The highest BCUT2D eigenvalue weighted by Gasteiger charge is 2.31. The van der Waals surface area contributed by atoms with Crippen molar-refractivity contribution < 1.29 is 19.1 Å². The zero-order chi connectivity index (χ0) is 20.9.